The lowest BCUT2D eigenvalue weighted by Crippen LogP contribution is -2.35. The molecule has 1 aliphatic carbocycles. The number of amides is 1. The second kappa shape index (κ2) is 5.61. The number of carboxylic acid groups (broad SMARTS) is 1. The van der Waals surface area contributed by atoms with E-state index in [0.717, 1.165) is 17.3 Å². The van der Waals surface area contributed by atoms with Crippen LogP contribution in [0.2, 0.25) is 0 Å². The molecule has 0 atom stereocenters. The van der Waals surface area contributed by atoms with Crippen molar-refractivity contribution in [2.45, 2.75) is 25.3 Å². The predicted octanol–water partition coefficient (Wildman–Crippen LogP) is 2.11. The van der Waals surface area contributed by atoms with Crippen LogP contribution < -0.4 is 5.73 Å². The van der Waals surface area contributed by atoms with Gasteiger partial charge < -0.3 is 15.7 Å². The molecule has 1 amide bonds. The molecule has 0 spiro atoms. The van der Waals surface area contributed by atoms with E-state index in [1.807, 2.05) is 0 Å². The minimum atomic E-state index is -0.896. The van der Waals surface area contributed by atoms with Gasteiger partial charge in [0.2, 0.25) is 0 Å². The molecule has 0 saturated heterocycles. The first-order valence-electron chi connectivity index (χ1n) is 6.06. The first kappa shape index (κ1) is 13.9. The van der Waals surface area contributed by atoms with Gasteiger partial charge in [0, 0.05) is 28.3 Å². The molecular weight excluding hydrogens is 312 g/mol. The van der Waals surface area contributed by atoms with Gasteiger partial charge in [-0.2, -0.15) is 0 Å². The molecule has 1 aromatic rings. The van der Waals surface area contributed by atoms with Crippen molar-refractivity contribution in [3.63, 3.8) is 0 Å². The van der Waals surface area contributed by atoms with Crippen LogP contribution in [0.5, 0.6) is 0 Å². The number of carboxylic acids is 1. The van der Waals surface area contributed by atoms with E-state index in [2.05, 4.69) is 15.9 Å². The molecule has 0 unspecified atom stereocenters. The van der Waals surface area contributed by atoms with Gasteiger partial charge in [-0.05, 0) is 31.0 Å². The maximum Gasteiger partial charge on any atom is 0.305 e. The Bertz CT molecular complexity index is 494. The van der Waals surface area contributed by atoms with E-state index in [1.165, 1.54) is 0 Å². The largest absolute Gasteiger partial charge is 0.481 e. The summed E-state index contributed by atoms with van der Waals surface area (Å²) in [4.78, 5) is 24.7. The lowest BCUT2D eigenvalue weighted by molar-refractivity contribution is -0.137. The fourth-order valence-electron chi connectivity index (χ4n) is 1.95. The first-order valence-corrected chi connectivity index (χ1v) is 6.85. The van der Waals surface area contributed by atoms with Crippen molar-refractivity contribution >= 4 is 33.5 Å². The van der Waals surface area contributed by atoms with Crippen molar-refractivity contribution in [1.29, 1.82) is 0 Å². The summed E-state index contributed by atoms with van der Waals surface area (Å²) in [5.74, 6) is -1.05. The smallest absolute Gasteiger partial charge is 0.305 e. The van der Waals surface area contributed by atoms with Crippen molar-refractivity contribution in [3.05, 3.63) is 28.2 Å². The summed E-state index contributed by atoms with van der Waals surface area (Å²) in [6, 6.07) is 5.21. The van der Waals surface area contributed by atoms with Gasteiger partial charge in [0.15, 0.2) is 0 Å². The molecular formula is C13H15BrN2O3. The third-order valence-corrected chi connectivity index (χ3v) is 3.44. The number of carbonyl (C=O) groups excluding carboxylic acids is 1. The van der Waals surface area contributed by atoms with Gasteiger partial charge >= 0.3 is 5.97 Å². The molecule has 102 valence electrons. The zero-order chi connectivity index (χ0) is 14.0. The highest BCUT2D eigenvalue weighted by molar-refractivity contribution is 9.10. The standard InChI is InChI=1S/C13H15BrN2O3/c14-9-5-8(6-10(15)7-9)13(19)16(11-1-2-11)4-3-12(17)18/h5-7,11H,1-4,15H2,(H,17,18). The van der Waals surface area contributed by atoms with Gasteiger partial charge in [-0.15, -0.1) is 0 Å². The maximum absolute atomic E-state index is 12.4. The summed E-state index contributed by atoms with van der Waals surface area (Å²) in [7, 11) is 0. The van der Waals surface area contributed by atoms with Crippen LogP contribution >= 0.6 is 15.9 Å². The van der Waals surface area contributed by atoms with E-state index in [1.54, 1.807) is 23.1 Å². The molecule has 1 aromatic carbocycles. The van der Waals surface area contributed by atoms with Gasteiger partial charge in [-0.25, -0.2) is 0 Å². The van der Waals surface area contributed by atoms with Crippen LogP contribution in [0.3, 0.4) is 0 Å². The Hall–Kier alpha value is -1.56. The number of aliphatic carboxylic acids is 1. The molecule has 19 heavy (non-hydrogen) atoms. The minimum Gasteiger partial charge on any atom is -0.481 e. The second-order valence-electron chi connectivity index (χ2n) is 4.65. The molecule has 0 heterocycles. The third kappa shape index (κ3) is 3.70. The Labute approximate surface area is 119 Å². The number of nitrogens with two attached hydrogens (primary N) is 1. The number of halogens is 1. The van der Waals surface area contributed by atoms with Crippen LogP contribution in [0, 0.1) is 0 Å². The molecule has 1 saturated carbocycles. The van der Waals surface area contributed by atoms with Crippen LogP contribution in [0.1, 0.15) is 29.6 Å². The molecule has 6 heteroatoms. The Morgan fingerprint density at radius 2 is 2.05 bits per heavy atom. The molecule has 1 aliphatic rings. The van der Waals surface area contributed by atoms with Crippen molar-refractivity contribution in [2.75, 3.05) is 12.3 Å². The van der Waals surface area contributed by atoms with Crippen molar-refractivity contribution in [3.8, 4) is 0 Å². The SMILES string of the molecule is Nc1cc(Br)cc(C(=O)N(CCC(=O)O)C2CC2)c1. The molecule has 2 rings (SSSR count). The zero-order valence-corrected chi connectivity index (χ0v) is 11.9. The molecule has 0 bridgehead atoms. The monoisotopic (exact) mass is 326 g/mol. The maximum atomic E-state index is 12.4. The normalized spacial score (nSPS) is 14.2. The van der Waals surface area contributed by atoms with Crippen LogP contribution in [0.15, 0.2) is 22.7 Å². The summed E-state index contributed by atoms with van der Waals surface area (Å²) < 4.78 is 0.741. The van der Waals surface area contributed by atoms with Gasteiger partial charge in [0.05, 0.1) is 6.42 Å². The summed E-state index contributed by atoms with van der Waals surface area (Å²) in [5.41, 5.74) is 6.71. The average Bonchev–Trinajstić information content (AvgIpc) is 3.11. The highest BCUT2D eigenvalue weighted by Gasteiger charge is 2.33. The zero-order valence-electron chi connectivity index (χ0n) is 10.3. The molecule has 0 aliphatic heterocycles. The summed E-state index contributed by atoms with van der Waals surface area (Å²) in [5, 5.41) is 8.74. The number of benzene rings is 1. The number of hydrogen-bond acceptors (Lipinski definition) is 3. The summed E-state index contributed by atoms with van der Waals surface area (Å²) in [6.45, 7) is 0.241. The van der Waals surface area contributed by atoms with Crippen molar-refractivity contribution in [2.24, 2.45) is 0 Å². The number of hydrogen-bond donors (Lipinski definition) is 2. The first-order chi connectivity index (χ1) is 8.97. The Kier molecular flexibility index (Phi) is 4.09. The fraction of sp³-hybridized carbons (Fsp3) is 0.385. The highest BCUT2D eigenvalue weighted by Crippen LogP contribution is 2.29. The van der Waals surface area contributed by atoms with E-state index in [0.29, 0.717) is 11.3 Å². The molecule has 5 nitrogen and oxygen atoms in total. The third-order valence-electron chi connectivity index (χ3n) is 2.98. The number of carbonyl (C=O) groups is 2. The Morgan fingerprint density at radius 3 is 2.58 bits per heavy atom. The molecule has 0 radical (unpaired) electrons. The van der Waals surface area contributed by atoms with E-state index < -0.39 is 5.97 Å². The number of rotatable bonds is 5. The van der Waals surface area contributed by atoms with E-state index in [-0.39, 0.29) is 24.9 Å². The quantitative estimate of drug-likeness (QED) is 0.812. The van der Waals surface area contributed by atoms with Crippen LogP contribution in [-0.4, -0.2) is 34.5 Å². The minimum absolute atomic E-state index is 0.0360. The van der Waals surface area contributed by atoms with Gasteiger partial charge in [0.1, 0.15) is 0 Å². The highest BCUT2D eigenvalue weighted by atomic mass is 79.9. The predicted molar refractivity (Wildman–Crippen MR) is 74.9 cm³/mol. The van der Waals surface area contributed by atoms with Crippen LogP contribution in [-0.2, 0) is 4.79 Å². The second-order valence-corrected chi connectivity index (χ2v) is 5.56. The van der Waals surface area contributed by atoms with Crippen LogP contribution in [0.4, 0.5) is 5.69 Å². The van der Waals surface area contributed by atoms with Gasteiger partial charge in [-0.3, -0.25) is 9.59 Å². The molecule has 3 N–H and O–H groups in total. The van der Waals surface area contributed by atoms with E-state index >= 15 is 0 Å². The number of nitrogen functional groups attached to an aromatic ring is 1. The lowest BCUT2D eigenvalue weighted by atomic mass is 10.1. The fourth-order valence-corrected chi connectivity index (χ4v) is 2.46. The Morgan fingerprint density at radius 1 is 1.37 bits per heavy atom. The van der Waals surface area contributed by atoms with E-state index in [4.69, 9.17) is 10.8 Å². The van der Waals surface area contributed by atoms with Crippen LogP contribution in [0.25, 0.3) is 0 Å². The lowest BCUT2D eigenvalue weighted by Gasteiger charge is -2.22. The molecule has 0 aromatic heterocycles. The van der Waals surface area contributed by atoms with Gasteiger partial charge in [0.25, 0.3) is 5.91 Å². The average molecular weight is 327 g/mol. The number of nitrogens with zero attached hydrogens (tertiary/aromatic N) is 1. The summed E-state index contributed by atoms with van der Waals surface area (Å²) >= 11 is 3.30. The van der Waals surface area contributed by atoms with Crippen molar-refractivity contribution < 1.29 is 14.7 Å². The Balaban J connectivity index is 2.16. The van der Waals surface area contributed by atoms with E-state index in [9.17, 15) is 9.59 Å². The molecule has 1 fully saturated rings. The summed E-state index contributed by atoms with van der Waals surface area (Å²) in [6.07, 6.45) is 1.84. The number of anilines is 1. The topological polar surface area (TPSA) is 83.6 Å². The van der Waals surface area contributed by atoms with Gasteiger partial charge in [-0.1, -0.05) is 15.9 Å². The van der Waals surface area contributed by atoms with Crippen molar-refractivity contribution in [1.82, 2.24) is 4.90 Å².